The molecule has 19 heavy (non-hydrogen) atoms. The van der Waals surface area contributed by atoms with Crippen LogP contribution in [-0.4, -0.2) is 21.3 Å². The molecule has 1 N–H and O–H groups in total. The van der Waals surface area contributed by atoms with Gasteiger partial charge in [-0.2, -0.15) is 0 Å². The summed E-state index contributed by atoms with van der Waals surface area (Å²) in [6.07, 6.45) is 3.83. The van der Waals surface area contributed by atoms with Crippen molar-refractivity contribution < 1.29 is 0 Å². The standard InChI is InChI=1S/C15H18N4/c1-2-4-12(5-3-1)14-15-18-17-13(10-11-6-7-11)19(15)9-8-16-14/h1-5,11,14,16H,6-10H2. The van der Waals surface area contributed by atoms with Gasteiger partial charge in [0.05, 0.1) is 6.04 Å². The molecule has 1 aromatic heterocycles. The van der Waals surface area contributed by atoms with Crippen LogP contribution in [-0.2, 0) is 13.0 Å². The first-order chi connectivity index (χ1) is 9.42. The molecule has 2 aromatic rings. The summed E-state index contributed by atoms with van der Waals surface area (Å²) in [5.74, 6) is 3.12. The Labute approximate surface area is 112 Å². The highest BCUT2D eigenvalue weighted by Crippen LogP contribution is 2.33. The molecule has 98 valence electrons. The van der Waals surface area contributed by atoms with E-state index in [0.717, 1.165) is 31.3 Å². The van der Waals surface area contributed by atoms with Crippen molar-refractivity contribution in [3.63, 3.8) is 0 Å². The summed E-state index contributed by atoms with van der Waals surface area (Å²) in [7, 11) is 0. The summed E-state index contributed by atoms with van der Waals surface area (Å²) in [5, 5.41) is 12.4. The molecule has 0 radical (unpaired) electrons. The molecule has 1 unspecified atom stereocenters. The molecular weight excluding hydrogens is 236 g/mol. The Hall–Kier alpha value is -1.68. The smallest absolute Gasteiger partial charge is 0.154 e. The van der Waals surface area contributed by atoms with Gasteiger partial charge in [-0.3, -0.25) is 0 Å². The summed E-state index contributed by atoms with van der Waals surface area (Å²) in [6, 6.07) is 10.7. The third-order valence-corrected chi connectivity index (χ3v) is 4.10. The van der Waals surface area contributed by atoms with Crippen molar-refractivity contribution in [2.24, 2.45) is 5.92 Å². The minimum absolute atomic E-state index is 0.190. The lowest BCUT2D eigenvalue weighted by atomic mass is 10.0. The number of hydrogen-bond acceptors (Lipinski definition) is 3. The molecule has 2 aliphatic rings. The molecule has 1 aromatic carbocycles. The average molecular weight is 254 g/mol. The van der Waals surface area contributed by atoms with Gasteiger partial charge in [0, 0.05) is 19.5 Å². The normalized spacial score (nSPS) is 22.2. The fraction of sp³-hybridized carbons (Fsp3) is 0.467. The Balaban J connectivity index is 1.69. The minimum atomic E-state index is 0.190. The SMILES string of the molecule is c1ccc(C2NCCn3c(CC4CC4)nnc32)cc1. The van der Waals surface area contributed by atoms with Crippen molar-refractivity contribution in [1.29, 1.82) is 0 Å². The average Bonchev–Trinajstić information content (AvgIpc) is 3.19. The maximum atomic E-state index is 4.45. The summed E-state index contributed by atoms with van der Waals surface area (Å²) in [5.41, 5.74) is 1.27. The lowest BCUT2D eigenvalue weighted by molar-refractivity contribution is 0.445. The van der Waals surface area contributed by atoms with Crippen molar-refractivity contribution in [2.75, 3.05) is 6.54 Å². The largest absolute Gasteiger partial charge is 0.312 e. The first-order valence-electron chi connectivity index (χ1n) is 7.12. The van der Waals surface area contributed by atoms with E-state index in [1.165, 1.54) is 24.2 Å². The Morgan fingerprint density at radius 2 is 2.00 bits per heavy atom. The molecule has 1 aliphatic carbocycles. The molecule has 0 bridgehead atoms. The van der Waals surface area contributed by atoms with Gasteiger partial charge < -0.3 is 9.88 Å². The Morgan fingerprint density at radius 1 is 1.16 bits per heavy atom. The highest BCUT2D eigenvalue weighted by Gasteiger charge is 2.29. The van der Waals surface area contributed by atoms with Crippen LogP contribution in [0.15, 0.2) is 30.3 Å². The predicted molar refractivity (Wildman–Crippen MR) is 72.7 cm³/mol. The lowest BCUT2D eigenvalue weighted by Crippen LogP contribution is -2.35. The molecule has 4 rings (SSSR count). The van der Waals surface area contributed by atoms with Gasteiger partial charge >= 0.3 is 0 Å². The Morgan fingerprint density at radius 3 is 2.79 bits per heavy atom. The van der Waals surface area contributed by atoms with E-state index in [1.807, 2.05) is 0 Å². The van der Waals surface area contributed by atoms with Crippen molar-refractivity contribution in [1.82, 2.24) is 20.1 Å². The summed E-state index contributed by atoms with van der Waals surface area (Å²) in [6.45, 7) is 1.98. The summed E-state index contributed by atoms with van der Waals surface area (Å²) >= 11 is 0. The molecule has 0 spiro atoms. The van der Waals surface area contributed by atoms with Gasteiger partial charge in [-0.05, 0) is 24.3 Å². The van der Waals surface area contributed by atoms with Gasteiger partial charge in [0.1, 0.15) is 5.82 Å². The van der Waals surface area contributed by atoms with E-state index >= 15 is 0 Å². The highest BCUT2D eigenvalue weighted by atomic mass is 15.3. The van der Waals surface area contributed by atoms with E-state index in [-0.39, 0.29) is 6.04 Å². The minimum Gasteiger partial charge on any atom is -0.312 e. The molecular formula is C15H18N4. The van der Waals surface area contributed by atoms with Crippen LogP contribution in [0.3, 0.4) is 0 Å². The Bertz CT molecular complexity index is 571. The van der Waals surface area contributed by atoms with Crippen molar-refractivity contribution >= 4 is 0 Å². The molecule has 0 saturated heterocycles. The van der Waals surface area contributed by atoms with E-state index in [4.69, 9.17) is 0 Å². The molecule has 2 heterocycles. The van der Waals surface area contributed by atoms with Gasteiger partial charge in [0.15, 0.2) is 5.82 Å². The van der Waals surface area contributed by atoms with E-state index < -0.39 is 0 Å². The highest BCUT2D eigenvalue weighted by molar-refractivity contribution is 5.26. The van der Waals surface area contributed by atoms with Crippen LogP contribution in [0.4, 0.5) is 0 Å². The van der Waals surface area contributed by atoms with Gasteiger partial charge in [0.2, 0.25) is 0 Å². The maximum absolute atomic E-state index is 4.45. The fourth-order valence-corrected chi connectivity index (χ4v) is 2.86. The molecule has 4 heteroatoms. The number of hydrogen-bond donors (Lipinski definition) is 1. The zero-order chi connectivity index (χ0) is 12.7. The van der Waals surface area contributed by atoms with Gasteiger partial charge in [-0.25, -0.2) is 0 Å². The van der Waals surface area contributed by atoms with Crippen LogP contribution in [0.25, 0.3) is 0 Å². The molecule has 1 saturated carbocycles. The topological polar surface area (TPSA) is 42.7 Å². The summed E-state index contributed by atoms with van der Waals surface area (Å²) in [4.78, 5) is 0. The van der Waals surface area contributed by atoms with Gasteiger partial charge in [0.25, 0.3) is 0 Å². The van der Waals surface area contributed by atoms with Crippen LogP contribution < -0.4 is 5.32 Å². The predicted octanol–water partition coefficient (Wildman–Crippen LogP) is 1.92. The first kappa shape index (κ1) is 11.2. The number of aromatic nitrogens is 3. The van der Waals surface area contributed by atoms with Crippen LogP contribution >= 0.6 is 0 Å². The third kappa shape index (κ3) is 2.06. The third-order valence-electron chi connectivity index (χ3n) is 4.10. The second-order valence-corrected chi connectivity index (χ2v) is 5.57. The fourth-order valence-electron chi connectivity index (χ4n) is 2.86. The van der Waals surface area contributed by atoms with Crippen LogP contribution in [0, 0.1) is 5.92 Å². The van der Waals surface area contributed by atoms with Gasteiger partial charge in [-0.15, -0.1) is 10.2 Å². The van der Waals surface area contributed by atoms with Crippen LogP contribution in [0.2, 0.25) is 0 Å². The molecule has 4 nitrogen and oxygen atoms in total. The van der Waals surface area contributed by atoms with Crippen LogP contribution in [0.1, 0.15) is 36.1 Å². The Kier molecular flexibility index (Phi) is 2.62. The second-order valence-electron chi connectivity index (χ2n) is 5.57. The van der Waals surface area contributed by atoms with Crippen molar-refractivity contribution in [2.45, 2.75) is 31.8 Å². The monoisotopic (exact) mass is 254 g/mol. The van der Waals surface area contributed by atoms with Gasteiger partial charge in [-0.1, -0.05) is 30.3 Å². The zero-order valence-corrected chi connectivity index (χ0v) is 10.9. The second kappa shape index (κ2) is 4.46. The van der Waals surface area contributed by atoms with E-state index in [1.54, 1.807) is 0 Å². The zero-order valence-electron chi connectivity index (χ0n) is 10.9. The molecule has 1 atom stereocenters. The van der Waals surface area contributed by atoms with E-state index in [0.29, 0.717) is 0 Å². The van der Waals surface area contributed by atoms with E-state index in [2.05, 4.69) is 50.4 Å². The maximum Gasteiger partial charge on any atom is 0.154 e. The van der Waals surface area contributed by atoms with Crippen molar-refractivity contribution in [3.8, 4) is 0 Å². The molecule has 1 fully saturated rings. The number of rotatable bonds is 3. The molecule has 0 amide bonds. The van der Waals surface area contributed by atoms with E-state index in [9.17, 15) is 0 Å². The number of nitrogens with zero attached hydrogens (tertiary/aromatic N) is 3. The summed E-state index contributed by atoms with van der Waals surface area (Å²) < 4.78 is 2.33. The number of benzene rings is 1. The quantitative estimate of drug-likeness (QED) is 0.910. The number of fused-ring (bicyclic) bond motifs is 1. The first-order valence-corrected chi connectivity index (χ1v) is 7.12. The molecule has 1 aliphatic heterocycles. The number of nitrogens with one attached hydrogen (secondary N) is 1. The lowest BCUT2D eigenvalue weighted by Gasteiger charge is -2.25. The van der Waals surface area contributed by atoms with Crippen LogP contribution in [0.5, 0.6) is 0 Å². The van der Waals surface area contributed by atoms with Crippen molar-refractivity contribution in [3.05, 3.63) is 47.5 Å².